The first kappa shape index (κ1) is 20.7. The Morgan fingerprint density at radius 3 is 2.40 bits per heavy atom. The van der Waals surface area contributed by atoms with Gasteiger partial charge in [-0.05, 0) is 66.8 Å². The van der Waals surface area contributed by atoms with Gasteiger partial charge in [0, 0.05) is 16.1 Å². The number of halogens is 2. The van der Waals surface area contributed by atoms with Gasteiger partial charge >= 0.3 is 0 Å². The minimum Gasteiger partial charge on any atom is -0.507 e. The number of amides is 1. The van der Waals surface area contributed by atoms with Crippen LogP contribution in [0.5, 0.6) is 0 Å². The van der Waals surface area contributed by atoms with Crippen LogP contribution in [-0.2, 0) is 9.59 Å². The van der Waals surface area contributed by atoms with E-state index in [1.807, 2.05) is 49.6 Å². The number of nitrogens with zero attached hydrogens (tertiary/aromatic N) is 1. The Morgan fingerprint density at radius 1 is 1.00 bits per heavy atom. The fourth-order valence-electron chi connectivity index (χ4n) is 3.49. The van der Waals surface area contributed by atoms with Crippen LogP contribution in [0.2, 0.25) is 10.0 Å². The van der Waals surface area contributed by atoms with Crippen LogP contribution in [0.1, 0.15) is 27.6 Å². The van der Waals surface area contributed by atoms with E-state index in [1.165, 1.54) is 22.3 Å². The number of anilines is 1. The predicted octanol–water partition coefficient (Wildman–Crippen LogP) is 6.30. The third-order valence-electron chi connectivity index (χ3n) is 5.22. The molecule has 0 aliphatic carbocycles. The summed E-state index contributed by atoms with van der Waals surface area (Å²) in [7, 11) is 0. The number of carbonyl (C=O) groups is 2. The lowest BCUT2D eigenvalue weighted by Gasteiger charge is -2.24. The number of ketones is 1. The van der Waals surface area contributed by atoms with E-state index >= 15 is 0 Å². The maximum absolute atomic E-state index is 13.1. The molecule has 0 spiro atoms. The van der Waals surface area contributed by atoms with Crippen LogP contribution in [0.4, 0.5) is 5.69 Å². The van der Waals surface area contributed by atoms with Gasteiger partial charge in [-0.2, -0.15) is 0 Å². The minimum absolute atomic E-state index is 0.0269. The lowest BCUT2D eigenvalue weighted by molar-refractivity contribution is -0.132. The van der Waals surface area contributed by atoms with Crippen LogP contribution >= 0.6 is 34.5 Å². The molecule has 1 atom stereocenters. The summed E-state index contributed by atoms with van der Waals surface area (Å²) in [5.74, 6) is -1.70. The van der Waals surface area contributed by atoms with Gasteiger partial charge in [0.15, 0.2) is 0 Å². The lowest BCUT2D eigenvalue weighted by Crippen LogP contribution is -2.29. The van der Waals surface area contributed by atoms with Crippen molar-refractivity contribution in [3.05, 3.63) is 91.1 Å². The van der Waals surface area contributed by atoms with Crippen molar-refractivity contribution in [2.75, 3.05) is 4.90 Å². The molecule has 1 unspecified atom stereocenters. The summed E-state index contributed by atoms with van der Waals surface area (Å²) in [4.78, 5) is 28.3. The first-order valence-electron chi connectivity index (χ1n) is 9.16. The molecule has 3 aromatic rings. The summed E-state index contributed by atoms with van der Waals surface area (Å²) < 4.78 is 0. The van der Waals surface area contributed by atoms with E-state index in [1.54, 1.807) is 12.1 Å². The Balaban J connectivity index is 1.93. The van der Waals surface area contributed by atoms with Crippen LogP contribution < -0.4 is 4.90 Å². The Labute approximate surface area is 188 Å². The number of rotatable bonds is 3. The van der Waals surface area contributed by atoms with Crippen molar-refractivity contribution in [2.24, 2.45) is 0 Å². The van der Waals surface area contributed by atoms with Gasteiger partial charge in [-0.1, -0.05) is 35.3 Å². The van der Waals surface area contributed by atoms with Gasteiger partial charge in [0.05, 0.1) is 15.6 Å². The van der Waals surface area contributed by atoms with Gasteiger partial charge in [0.2, 0.25) is 0 Å². The Morgan fingerprint density at radius 2 is 1.77 bits per heavy atom. The molecule has 1 saturated heterocycles. The molecule has 1 fully saturated rings. The van der Waals surface area contributed by atoms with Gasteiger partial charge in [-0.25, -0.2) is 0 Å². The zero-order chi connectivity index (χ0) is 21.6. The summed E-state index contributed by atoms with van der Waals surface area (Å²) in [5, 5.41) is 13.5. The molecule has 4 rings (SSSR count). The SMILES string of the molecule is Cc1ccc(N2C(=O)C(=O)/C(=C(\O)c3ccc(Cl)c(Cl)c3)C2c2cccs2)cc1C. The number of carbonyl (C=O) groups excluding carboxylic acids is 2. The summed E-state index contributed by atoms with van der Waals surface area (Å²) >= 11 is 13.5. The van der Waals surface area contributed by atoms with Crippen molar-refractivity contribution in [2.45, 2.75) is 19.9 Å². The first-order chi connectivity index (χ1) is 14.3. The average Bonchev–Trinajstić information content (AvgIpc) is 3.33. The number of benzene rings is 2. The third kappa shape index (κ3) is 3.43. The maximum atomic E-state index is 13.1. The molecule has 0 saturated carbocycles. The molecule has 7 heteroatoms. The van der Waals surface area contributed by atoms with E-state index in [9.17, 15) is 14.7 Å². The third-order valence-corrected chi connectivity index (χ3v) is 6.88. The van der Waals surface area contributed by atoms with Crippen molar-refractivity contribution in [1.29, 1.82) is 0 Å². The molecule has 152 valence electrons. The number of hydrogen-bond donors (Lipinski definition) is 1. The molecule has 1 N–H and O–H groups in total. The predicted molar refractivity (Wildman–Crippen MR) is 121 cm³/mol. The highest BCUT2D eigenvalue weighted by molar-refractivity contribution is 7.10. The molecule has 1 amide bonds. The smallest absolute Gasteiger partial charge is 0.300 e. The second-order valence-electron chi connectivity index (χ2n) is 7.08. The molecular formula is C23H17Cl2NO3S. The molecule has 0 radical (unpaired) electrons. The van der Waals surface area contributed by atoms with Gasteiger partial charge in [0.25, 0.3) is 11.7 Å². The summed E-state index contributed by atoms with van der Waals surface area (Å²) in [6, 6.07) is 13.1. The highest BCUT2D eigenvalue weighted by atomic mass is 35.5. The quantitative estimate of drug-likeness (QED) is 0.285. The Kier molecular flexibility index (Phi) is 5.45. The van der Waals surface area contributed by atoms with Crippen LogP contribution in [0.3, 0.4) is 0 Å². The van der Waals surface area contributed by atoms with Gasteiger partial charge in [0.1, 0.15) is 11.8 Å². The molecule has 0 bridgehead atoms. The van der Waals surface area contributed by atoms with Crippen molar-refractivity contribution in [3.63, 3.8) is 0 Å². The van der Waals surface area contributed by atoms with E-state index in [0.29, 0.717) is 16.3 Å². The second-order valence-corrected chi connectivity index (χ2v) is 8.88. The van der Waals surface area contributed by atoms with Crippen molar-refractivity contribution in [3.8, 4) is 0 Å². The largest absolute Gasteiger partial charge is 0.507 e. The Bertz CT molecular complexity index is 1200. The van der Waals surface area contributed by atoms with Gasteiger partial charge < -0.3 is 5.11 Å². The van der Waals surface area contributed by atoms with Crippen LogP contribution in [0, 0.1) is 13.8 Å². The molecule has 1 aliphatic rings. The van der Waals surface area contributed by atoms with Crippen molar-refractivity contribution >= 4 is 57.7 Å². The standard InChI is InChI=1S/C23H17Cl2NO3S/c1-12-5-7-15(10-13(12)2)26-20(18-4-3-9-30-18)19(22(28)23(26)29)21(27)14-6-8-16(24)17(25)11-14/h3-11,20,27H,1-2H3/b21-19-. The molecule has 2 heterocycles. The zero-order valence-corrected chi connectivity index (χ0v) is 18.5. The molecule has 30 heavy (non-hydrogen) atoms. The number of aryl methyl sites for hydroxylation is 2. The summed E-state index contributed by atoms with van der Waals surface area (Å²) in [6.07, 6.45) is 0. The second kappa shape index (κ2) is 7.91. The van der Waals surface area contributed by atoms with Gasteiger partial charge in [-0.15, -0.1) is 11.3 Å². The first-order valence-corrected chi connectivity index (χ1v) is 10.8. The van der Waals surface area contributed by atoms with Crippen LogP contribution in [0.25, 0.3) is 5.76 Å². The van der Waals surface area contributed by atoms with E-state index < -0.39 is 17.7 Å². The monoisotopic (exact) mass is 457 g/mol. The fourth-order valence-corrected chi connectivity index (χ4v) is 4.61. The molecule has 1 aromatic heterocycles. The Hall–Kier alpha value is -2.60. The van der Waals surface area contributed by atoms with Crippen molar-refractivity contribution < 1.29 is 14.7 Å². The van der Waals surface area contributed by atoms with E-state index in [2.05, 4.69) is 0 Å². The number of Topliss-reactive ketones (excluding diaryl/α,β-unsaturated/α-hetero) is 1. The van der Waals surface area contributed by atoms with Gasteiger partial charge in [-0.3, -0.25) is 14.5 Å². The topological polar surface area (TPSA) is 57.6 Å². The summed E-state index contributed by atoms with van der Waals surface area (Å²) in [5.41, 5.74) is 3.04. The average molecular weight is 458 g/mol. The molecule has 4 nitrogen and oxygen atoms in total. The van der Waals surface area contributed by atoms with Crippen molar-refractivity contribution in [1.82, 2.24) is 0 Å². The molecule has 1 aliphatic heterocycles. The zero-order valence-electron chi connectivity index (χ0n) is 16.1. The van der Waals surface area contributed by atoms with Crippen LogP contribution in [-0.4, -0.2) is 16.8 Å². The lowest BCUT2D eigenvalue weighted by atomic mass is 9.99. The number of hydrogen-bond acceptors (Lipinski definition) is 4. The minimum atomic E-state index is -0.741. The van der Waals surface area contributed by atoms with E-state index in [4.69, 9.17) is 23.2 Å². The normalized spacial score (nSPS) is 18.3. The highest BCUT2D eigenvalue weighted by Gasteiger charge is 2.47. The number of aliphatic hydroxyl groups excluding tert-OH is 1. The number of aliphatic hydroxyl groups is 1. The molecule has 2 aromatic carbocycles. The fraction of sp³-hybridized carbons (Fsp3) is 0.130. The molecular weight excluding hydrogens is 441 g/mol. The van der Waals surface area contributed by atoms with Crippen LogP contribution in [0.15, 0.2) is 59.5 Å². The van der Waals surface area contributed by atoms with E-state index in [-0.39, 0.29) is 16.4 Å². The maximum Gasteiger partial charge on any atom is 0.300 e. The van der Waals surface area contributed by atoms with E-state index in [0.717, 1.165) is 16.0 Å². The highest BCUT2D eigenvalue weighted by Crippen LogP contribution is 2.44. The summed E-state index contributed by atoms with van der Waals surface area (Å²) in [6.45, 7) is 3.93. The number of thiophene rings is 1.